The average molecular weight is 469 g/mol. The Morgan fingerprint density at radius 1 is 0.941 bits per heavy atom. The molecule has 0 bridgehead atoms. The normalized spacial score (nSPS) is 14.5. The first-order valence-electron chi connectivity index (χ1n) is 10.8. The molecule has 3 heterocycles. The van der Waals surface area contributed by atoms with E-state index in [2.05, 4.69) is 10.3 Å². The molecule has 0 atom stereocenters. The number of hydrogen-bond donors (Lipinski definition) is 1. The quantitative estimate of drug-likeness (QED) is 0.419. The standard InChI is InChI=1S/C25H19F4N3O2/c26-16-5-6-17(20(29)12-16)24-22(31-25(34-24)14-8-10-30-11-9-14)15-4-7-21(33)32(13-15)23-18(27)2-1-3-19(23)28/h1-7,12-14,30H,8-11H2. The Labute approximate surface area is 191 Å². The Morgan fingerprint density at radius 3 is 2.38 bits per heavy atom. The lowest BCUT2D eigenvalue weighted by Crippen LogP contribution is -2.26. The third-order valence-electron chi connectivity index (χ3n) is 5.87. The second kappa shape index (κ2) is 8.90. The number of nitrogens with zero attached hydrogens (tertiary/aromatic N) is 2. The molecule has 34 heavy (non-hydrogen) atoms. The summed E-state index contributed by atoms with van der Waals surface area (Å²) in [7, 11) is 0. The molecule has 174 valence electrons. The van der Waals surface area contributed by atoms with Crippen molar-refractivity contribution in [1.29, 1.82) is 0 Å². The van der Waals surface area contributed by atoms with Gasteiger partial charge in [-0.1, -0.05) is 6.07 Å². The molecule has 1 aliphatic heterocycles. The molecule has 0 aliphatic carbocycles. The molecule has 0 unspecified atom stereocenters. The summed E-state index contributed by atoms with van der Waals surface area (Å²) in [6.07, 6.45) is 2.75. The lowest BCUT2D eigenvalue weighted by Gasteiger charge is -2.19. The van der Waals surface area contributed by atoms with Crippen molar-refractivity contribution in [2.24, 2.45) is 0 Å². The van der Waals surface area contributed by atoms with Crippen molar-refractivity contribution < 1.29 is 22.0 Å². The number of aromatic nitrogens is 2. The summed E-state index contributed by atoms with van der Waals surface area (Å²) in [6, 6.07) is 8.93. The molecule has 1 fully saturated rings. The van der Waals surface area contributed by atoms with Crippen LogP contribution in [-0.4, -0.2) is 22.6 Å². The first kappa shape index (κ1) is 22.1. The highest BCUT2D eigenvalue weighted by molar-refractivity contribution is 5.77. The molecule has 0 radical (unpaired) electrons. The van der Waals surface area contributed by atoms with Gasteiger partial charge in [0.15, 0.2) is 11.7 Å². The van der Waals surface area contributed by atoms with Gasteiger partial charge in [-0.25, -0.2) is 22.5 Å². The van der Waals surface area contributed by atoms with Crippen LogP contribution in [0.15, 0.2) is 63.9 Å². The predicted octanol–water partition coefficient (Wildman–Crippen LogP) is 5.18. The van der Waals surface area contributed by atoms with Gasteiger partial charge in [0, 0.05) is 29.8 Å². The number of hydrogen-bond acceptors (Lipinski definition) is 4. The summed E-state index contributed by atoms with van der Waals surface area (Å²) in [5.41, 5.74) is -0.747. The predicted molar refractivity (Wildman–Crippen MR) is 118 cm³/mol. The summed E-state index contributed by atoms with van der Waals surface area (Å²) >= 11 is 0. The topological polar surface area (TPSA) is 60.1 Å². The zero-order valence-electron chi connectivity index (χ0n) is 17.8. The second-order valence-corrected chi connectivity index (χ2v) is 8.07. The van der Waals surface area contributed by atoms with Gasteiger partial charge in [-0.05, 0) is 56.3 Å². The summed E-state index contributed by atoms with van der Waals surface area (Å²) in [5, 5.41) is 3.25. The summed E-state index contributed by atoms with van der Waals surface area (Å²) in [5.74, 6) is -3.02. The summed E-state index contributed by atoms with van der Waals surface area (Å²) < 4.78 is 63.9. The molecule has 5 nitrogen and oxygen atoms in total. The molecule has 1 saturated heterocycles. The number of halogens is 4. The zero-order chi connectivity index (χ0) is 23.8. The van der Waals surface area contributed by atoms with Crippen LogP contribution in [-0.2, 0) is 0 Å². The monoisotopic (exact) mass is 469 g/mol. The van der Waals surface area contributed by atoms with Gasteiger partial charge in [0.25, 0.3) is 5.56 Å². The van der Waals surface area contributed by atoms with Crippen LogP contribution in [0.5, 0.6) is 0 Å². The van der Waals surface area contributed by atoms with Crippen LogP contribution >= 0.6 is 0 Å². The minimum Gasteiger partial charge on any atom is -0.440 e. The fourth-order valence-corrected chi connectivity index (χ4v) is 4.15. The zero-order valence-corrected chi connectivity index (χ0v) is 17.8. The molecule has 2 aromatic heterocycles. The Bertz CT molecular complexity index is 1400. The maximum absolute atomic E-state index is 14.7. The Morgan fingerprint density at radius 2 is 1.68 bits per heavy atom. The summed E-state index contributed by atoms with van der Waals surface area (Å²) in [6.45, 7) is 1.53. The van der Waals surface area contributed by atoms with Crippen molar-refractivity contribution in [3.63, 3.8) is 0 Å². The van der Waals surface area contributed by atoms with E-state index in [0.717, 1.165) is 60.8 Å². The first-order chi connectivity index (χ1) is 16.4. The number of benzene rings is 2. The largest absolute Gasteiger partial charge is 0.440 e. The first-order valence-corrected chi connectivity index (χ1v) is 10.8. The van der Waals surface area contributed by atoms with Gasteiger partial charge in [0.2, 0.25) is 0 Å². The Kier molecular flexibility index (Phi) is 5.79. The highest BCUT2D eigenvalue weighted by atomic mass is 19.1. The van der Waals surface area contributed by atoms with Crippen LogP contribution in [0, 0.1) is 23.3 Å². The smallest absolute Gasteiger partial charge is 0.255 e. The van der Waals surface area contributed by atoms with Gasteiger partial charge >= 0.3 is 0 Å². The molecule has 1 aliphatic rings. The molecule has 9 heteroatoms. The fraction of sp³-hybridized carbons (Fsp3) is 0.200. The van der Waals surface area contributed by atoms with E-state index >= 15 is 0 Å². The van der Waals surface area contributed by atoms with Gasteiger partial charge in [-0.3, -0.25) is 9.36 Å². The van der Waals surface area contributed by atoms with E-state index in [1.807, 2.05) is 0 Å². The number of pyridine rings is 1. The molecule has 0 amide bonds. The van der Waals surface area contributed by atoms with Crippen molar-refractivity contribution in [1.82, 2.24) is 14.9 Å². The van der Waals surface area contributed by atoms with E-state index in [0.29, 0.717) is 5.89 Å². The highest BCUT2D eigenvalue weighted by Gasteiger charge is 2.26. The van der Waals surface area contributed by atoms with Gasteiger partial charge in [-0.15, -0.1) is 0 Å². The third kappa shape index (κ3) is 4.03. The number of para-hydroxylation sites is 1. The third-order valence-corrected chi connectivity index (χ3v) is 5.87. The highest BCUT2D eigenvalue weighted by Crippen LogP contribution is 2.38. The lowest BCUT2D eigenvalue weighted by atomic mass is 9.98. The van der Waals surface area contributed by atoms with Crippen LogP contribution in [0.4, 0.5) is 17.6 Å². The summed E-state index contributed by atoms with van der Waals surface area (Å²) in [4.78, 5) is 17.1. The molecular formula is C25H19F4N3O2. The molecule has 0 spiro atoms. The van der Waals surface area contributed by atoms with Crippen LogP contribution in [0.1, 0.15) is 24.7 Å². The number of rotatable bonds is 4. The Balaban J connectivity index is 1.70. The van der Waals surface area contributed by atoms with Crippen molar-refractivity contribution in [2.45, 2.75) is 18.8 Å². The van der Waals surface area contributed by atoms with Crippen molar-refractivity contribution in [3.8, 4) is 28.3 Å². The van der Waals surface area contributed by atoms with E-state index < -0.39 is 34.5 Å². The molecule has 4 aromatic rings. The van der Waals surface area contributed by atoms with Crippen molar-refractivity contribution in [3.05, 3.63) is 94.2 Å². The van der Waals surface area contributed by atoms with Gasteiger partial charge < -0.3 is 9.73 Å². The maximum Gasteiger partial charge on any atom is 0.255 e. The lowest BCUT2D eigenvalue weighted by molar-refractivity contribution is 0.378. The minimum absolute atomic E-state index is 0.0149. The van der Waals surface area contributed by atoms with Gasteiger partial charge in [-0.2, -0.15) is 0 Å². The van der Waals surface area contributed by atoms with E-state index in [1.54, 1.807) is 0 Å². The van der Waals surface area contributed by atoms with E-state index in [1.165, 1.54) is 24.4 Å². The number of nitrogens with one attached hydrogen (secondary N) is 1. The number of oxazole rings is 1. The molecule has 2 aromatic carbocycles. The van der Waals surface area contributed by atoms with Crippen molar-refractivity contribution >= 4 is 0 Å². The van der Waals surface area contributed by atoms with Gasteiger partial charge in [0.05, 0.1) is 5.56 Å². The molecular weight excluding hydrogens is 450 g/mol. The SMILES string of the molecule is O=c1ccc(-c2nc(C3CCNCC3)oc2-c2ccc(F)cc2F)cn1-c1c(F)cccc1F. The van der Waals surface area contributed by atoms with E-state index in [-0.39, 0.29) is 28.5 Å². The molecule has 5 rings (SSSR count). The van der Waals surface area contributed by atoms with Crippen LogP contribution in [0.3, 0.4) is 0 Å². The van der Waals surface area contributed by atoms with Crippen LogP contribution in [0.25, 0.3) is 28.3 Å². The van der Waals surface area contributed by atoms with Gasteiger partial charge in [0.1, 0.15) is 34.7 Å². The second-order valence-electron chi connectivity index (χ2n) is 8.07. The van der Waals surface area contributed by atoms with E-state index in [4.69, 9.17) is 4.42 Å². The average Bonchev–Trinajstić information content (AvgIpc) is 3.26. The van der Waals surface area contributed by atoms with Crippen LogP contribution < -0.4 is 10.9 Å². The fourth-order valence-electron chi connectivity index (χ4n) is 4.15. The maximum atomic E-state index is 14.7. The number of piperidine rings is 1. The van der Waals surface area contributed by atoms with E-state index in [9.17, 15) is 22.4 Å². The Hall–Kier alpha value is -3.72. The minimum atomic E-state index is -0.917. The molecule has 0 saturated carbocycles. The molecule has 1 N–H and O–H groups in total. The van der Waals surface area contributed by atoms with Crippen molar-refractivity contribution in [2.75, 3.05) is 13.1 Å². The van der Waals surface area contributed by atoms with Crippen LogP contribution in [0.2, 0.25) is 0 Å².